The predicted molar refractivity (Wildman–Crippen MR) is 74.3 cm³/mol. The lowest BCUT2D eigenvalue weighted by Crippen LogP contribution is -2.50. The molecule has 18 heavy (non-hydrogen) atoms. The number of hydrogen-bond donors (Lipinski definition) is 1. The third kappa shape index (κ3) is 4.59. The average Bonchev–Trinajstić information content (AvgIpc) is 3.19. The van der Waals surface area contributed by atoms with Gasteiger partial charge in [-0.2, -0.15) is 5.26 Å². The summed E-state index contributed by atoms with van der Waals surface area (Å²) in [6.45, 7) is 8.77. The maximum absolute atomic E-state index is 9.49. The molecule has 0 aliphatic heterocycles. The van der Waals surface area contributed by atoms with E-state index >= 15 is 0 Å². The molecule has 2 unspecified atom stereocenters. The molecule has 1 saturated carbocycles. The second-order valence-corrected chi connectivity index (χ2v) is 5.69. The van der Waals surface area contributed by atoms with Gasteiger partial charge in [-0.3, -0.25) is 5.32 Å². The third-order valence-electron chi connectivity index (χ3n) is 3.68. The van der Waals surface area contributed by atoms with Crippen molar-refractivity contribution < 1.29 is 4.74 Å². The Bertz CT molecular complexity index is 270. The van der Waals surface area contributed by atoms with Gasteiger partial charge in [0.1, 0.15) is 5.54 Å². The molecule has 0 saturated heterocycles. The van der Waals surface area contributed by atoms with Crippen molar-refractivity contribution in [2.75, 3.05) is 19.8 Å². The topological polar surface area (TPSA) is 45.0 Å². The fourth-order valence-electron chi connectivity index (χ4n) is 2.40. The molecule has 3 heteroatoms. The lowest BCUT2D eigenvalue weighted by Gasteiger charge is -2.28. The van der Waals surface area contributed by atoms with E-state index in [2.05, 4.69) is 32.2 Å². The Morgan fingerprint density at radius 3 is 2.61 bits per heavy atom. The Kier molecular flexibility index (Phi) is 6.67. The summed E-state index contributed by atoms with van der Waals surface area (Å²) in [7, 11) is 0. The molecular weight excluding hydrogens is 224 g/mol. The van der Waals surface area contributed by atoms with Gasteiger partial charge in [0.15, 0.2) is 0 Å². The van der Waals surface area contributed by atoms with E-state index in [0.29, 0.717) is 18.4 Å². The first-order valence-electron chi connectivity index (χ1n) is 7.42. The van der Waals surface area contributed by atoms with Gasteiger partial charge in [-0.1, -0.05) is 27.2 Å². The molecular formula is C15H28N2O. The number of ether oxygens (including phenoxy) is 1. The normalized spacial score (nSPS) is 20.1. The number of nitrogens with zero attached hydrogens (tertiary/aromatic N) is 1. The van der Waals surface area contributed by atoms with Gasteiger partial charge in [0.25, 0.3) is 0 Å². The zero-order chi connectivity index (χ0) is 13.4. The maximum Gasteiger partial charge on any atom is 0.133 e. The van der Waals surface area contributed by atoms with E-state index in [0.717, 1.165) is 32.4 Å². The molecule has 0 heterocycles. The van der Waals surface area contributed by atoms with Gasteiger partial charge in [0, 0.05) is 6.61 Å². The summed E-state index contributed by atoms with van der Waals surface area (Å²) >= 11 is 0. The molecule has 0 bridgehead atoms. The number of nitriles is 1. The molecule has 3 nitrogen and oxygen atoms in total. The SMILES string of the molecule is CCCNC(C#N)(COCC(C)CCC)C1CC1. The number of nitrogens with one attached hydrogen (secondary N) is 1. The van der Waals surface area contributed by atoms with Gasteiger partial charge >= 0.3 is 0 Å². The van der Waals surface area contributed by atoms with Crippen LogP contribution in [-0.4, -0.2) is 25.3 Å². The molecule has 0 aromatic heterocycles. The smallest absolute Gasteiger partial charge is 0.133 e. The molecule has 0 aromatic carbocycles. The summed E-state index contributed by atoms with van der Waals surface area (Å²) in [5, 5.41) is 12.9. The highest BCUT2D eigenvalue weighted by atomic mass is 16.5. The van der Waals surface area contributed by atoms with Gasteiger partial charge in [-0.25, -0.2) is 0 Å². The fourth-order valence-corrected chi connectivity index (χ4v) is 2.40. The highest BCUT2D eigenvalue weighted by Gasteiger charge is 2.45. The van der Waals surface area contributed by atoms with Crippen molar-refractivity contribution in [3.63, 3.8) is 0 Å². The first-order chi connectivity index (χ1) is 8.68. The van der Waals surface area contributed by atoms with E-state index in [9.17, 15) is 5.26 Å². The van der Waals surface area contributed by atoms with Crippen LogP contribution in [0.3, 0.4) is 0 Å². The Labute approximate surface area is 112 Å². The van der Waals surface area contributed by atoms with Crippen molar-refractivity contribution >= 4 is 0 Å². The molecule has 2 atom stereocenters. The molecule has 1 aliphatic carbocycles. The van der Waals surface area contributed by atoms with E-state index < -0.39 is 5.54 Å². The lowest BCUT2D eigenvalue weighted by atomic mass is 9.96. The van der Waals surface area contributed by atoms with Crippen LogP contribution in [0.2, 0.25) is 0 Å². The Hall–Kier alpha value is -0.590. The van der Waals surface area contributed by atoms with Gasteiger partial charge in [-0.15, -0.1) is 0 Å². The summed E-state index contributed by atoms with van der Waals surface area (Å²) in [5.41, 5.74) is -0.429. The average molecular weight is 252 g/mol. The molecule has 0 aromatic rings. The minimum absolute atomic E-state index is 0.429. The number of rotatable bonds is 10. The van der Waals surface area contributed by atoms with Crippen molar-refractivity contribution in [2.45, 2.75) is 58.4 Å². The lowest BCUT2D eigenvalue weighted by molar-refractivity contribution is 0.0584. The summed E-state index contributed by atoms with van der Waals surface area (Å²) in [4.78, 5) is 0. The fraction of sp³-hybridized carbons (Fsp3) is 0.933. The van der Waals surface area contributed by atoms with Crippen LogP contribution in [0.5, 0.6) is 0 Å². The zero-order valence-corrected chi connectivity index (χ0v) is 12.2. The highest BCUT2D eigenvalue weighted by Crippen LogP contribution is 2.39. The maximum atomic E-state index is 9.49. The molecule has 1 N–H and O–H groups in total. The third-order valence-corrected chi connectivity index (χ3v) is 3.68. The van der Waals surface area contributed by atoms with Crippen molar-refractivity contribution in [1.29, 1.82) is 5.26 Å². The first kappa shape index (κ1) is 15.5. The molecule has 1 fully saturated rings. The van der Waals surface area contributed by atoms with Gasteiger partial charge in [0.05, 0.1) is 12.7 Å². The van der Waals surface area contributed by atoms with Crippen LogP contribution in [0, 0.1) is 23.2 Å². The van der Waals surface area contributed by atoms with E-state index in [4.69, 9.17) is 4.74 Å². The van der Waals surface area contributed by atoms with Gasteiger partial charge in [0.2, 0.25) is 0 Å². The van der Waals surface area contributed by atoms with Crippen molar-refractivity contribution in [2.24, 2.45) is 11.8 Å². The Balaban J connectivity index is 2.39. The molecule has 1 rings (SSSR count). The van der Waals surface area contributed by atoms with Crippen LogP contribution in [0.4, 0.5) is 0 Å². The van der Waals surface area contributed by atoms with Crippen LogP contribution in [0.1, 0.15) is 52.9 Å². The van der Waals surface area contributed by atoms with Crippen LogP contribution in [0.25, 0.3) is 0 Å². The second-order valence-electron chi connectivity index (χ2n) is 5.69. The first-order valence-corrected chi connectivity index (χ1v) is 7.42. The second kappa shape index (κ2) is 7.76. The quantitative estimate of drug-likeness (QED) is 0.650. The minimum Gasteiger partial charge on any atom is -0.378 e. The van der Waals surface area contributed by atoms with Crippen LogP contribution in [0.15, 0.2) is 0 Å². The standard InChI is InChI=1S/C15H28N2O/c1-4-6-13(3)10-18-12-15(11-16,14-7-8-14)17-9-5-2/h13-14,17H,4-10,12H2,1-3H3. The largest absolute Gasteiger partial charge is 0.378 e. The van der Waals surface area contributed by atoms with E-state index in [1.807, 2.05) is 0 Å². The Morgan fingerprint density at radius 2 is 2.11 bits per heavy atom. The minimum atomic E-state index is -0.429. The van der Waals surface area contributed by atoms with E-state index in [1.165, 1.54) is 12.8 Å². The summed E-state index contributed by atoms with van der Waals surface area (Å²) in [6.07, 6.45) is 5.79. The highest BCUT2D eigenvalue weighted by molar-refractivity contribution is 5.15. The molecule has 0 radical (unpaired) electrons. The van der Waals surface area contributed by atoms with Crippen LogP contribution < -0.4 is 5.32 Å². The molecule has 0 spiro atoms. The van der Waals surface area contributed by atoms with Crippen LogP contribution in [-0.2, 0) is 4.74 Å². The summed E-state index contributed by atoms with van der Waals surface area (Å²) < 4.78 is 5.82. The van der Waals surface area contributed by atoms with Gasteiger partial charge < -0.3 is 4.74 Å². The number of hydrogen-bond acceptors (Lipinski definition) is 3. The summed E-state index contributed by atoms with van der Waals surface area (Å²) in [5.74, 6) is 1.09. The van der Waals surface area contributed by atoms with E-state index in [-0.39, 0.29) is 0 Å². The molecule has 104 valence electrons. The van der Waals surface area contributed by atoms with Crippen LogP contribution >= 0.6 is 0 Å². The van der Waals surface area contributed by atoms with E-state index in [1.54, 1.807) is 0 Å². The Morgan fingerprint density at radius 1 is 1.39 bits per heavy atom. The molecule has 0 amide bonds. The molecule has 1 aliphatic rings. The summed E-state index contributed by atoms with van der Waals surface area (Å²) in [6, 6.07) is 2.48. The van der Waals surface area contributed by atoms with Gasteiger partial charge in [-0.05, 0) is 44.1 Å². The monoisotopic (exact) mass is 252 g/mol. The van der Waals surface area contributed by atoms with Crippen molar-refractivity contribution in [1.82, 2.24) is 5.32 Å². The predicted octanol–water partition coefficient (Wildman–Crippen LogP) is 3.11. The van der Waals surface area contributed by atoms with Crippen molar-refractivity contribution in [3.8, 4) is 6.07 Å². The van der Waals surface area contributed by atoms with Crippen molar-refractivity contribution in [3.05, 3.63) is 0 Å². The zero-order valence-electron chi connectivity index (χ0n) is 12.2.